The second-order valence-electron chi connectivity index (χ2n) is 3.84. The SMILES string of the molecule is CC(=O)n1ccc(C(=O)Nc2cc(C)ccn2)n1. The molecule has 0 saturated heterocycles. The van der Waals surface area contributed by atoms with Crippen LogP contribution in [0.4, 0.5) is 5.82 Å². The molecule has 0 aromatic carbocycles. The summed E-state index contributed by atoms with van der Waals surface area (Å²) in [6, 6.07) is 5.06. The second-order valence-corrected chi connectivity index (χ2v) is 3.84. The molecule has 2 aromatic heterocycles. The van der Waals surface area contributed by atoms with Gasteiger partial charge in [0.15, 0.2) is 5.69 Å². The Kier molecular flexibility index (Phi) is 3.18. The van der Waals surface area contributed by atoms with Gasteiger partial charge in [-0.3, -0.25) is 9.59 Å². The van der Waals surface area contributed by atoms with Gasteiger partial charge in [-0.2, -0.15) is 5.10 Å². The van der Waals surface area contributed by atoms with E-state index in [0.29, 0.717) is 5.82 Å². The minimum absolute atomic E-state index is 0.175. The van der Waals surface area contributed by atoms with E-state index in [1.807, 2.05) is 13.0 Å². The van der Waals surface area contributed by atoms with Crippen LogP contribution in [0.25, 0.3) is 0 Å². The fourth-order valence-electron chi connectivity index (χ4n) is 1.41. The van der Waals surface area contributed by atoms with E-state index in [0.717, 1.165) is 10.2 Å². The van der Waals surface area contributed by atoms with Crippen molar-refractivity contribution in [3.05, 3.63) is 41.9 Å². The minimum Gasteiger partial charge on any atom is -0.305 e. The van der Waals surface area contributed by atoms with Gasteiger partial charge in [0.2, 0.25) is 5.91 Å². The van der Waals surface area contributed by atoms with Crippen molar-refractivity contribution in [2.24, 2.45) is 0 Å². The maximum Gasteiger partial charge on any atom is 0.277 e. The van der Waals surface area contributed by atoms with Crippen LogP contribution in [0, 0.1) is 6.92 Å². The van der Waals surface area contributed by atoms with Crippen molar-refractivity contribution < 1.29 is 9.59 Å². The summed E-state index contributed by atoms with van der Waals surface area (Å²) in [4.78, 5) is 26.9. The molecule has 1 amide bonds. The maximum atomic E-state index is 11.8. The summed E-state index contributed by atoms with van der Waals surface area (Å²) >= 11 is 0. The van der Waals surface area contributed by atoms with E-state index in [1.165, 1.54) is 19.2 Å². The van der Waals surface area contributed by atoms with Crippen LogP contribution in [-0.4, -0.2) is 26.6 Å². The highest BCUT2D eigenvalue weighted by Crippen LogP contribution is 2.07. The van der Waals surface area contributed by atoms with Gasteiger partial charge in [-0.05, 0) is 30.7 Å². The highest BCUT2D eigenvalue weighted by Gasteiger charge is 2.11. The summed E-state index contributed by atoms with van der Waals surface area (Å²) in [5, 5.41) is 6.47. The predicted molar refractivity (Wildman–Crippen MR) is 65.5 cm³/mol. The molecule has 2 heterocycles. The van der Waals surface area contributed by atoms with Crippen molar-refractivity contribution in [3.63, 3.8) is 0 Å². The van der Waals surface area contributed by atoms with Gasteiger partial charge in [-0.1, -0.05) is 0 Å². The monoisotopic (exact) mass is 244 g/mol. The molecule has 18 heavy (non-hydrogen) atoms. The van der Waals surface area contributed by atoms with E-state index in [2.05, 4.69) is 15.4 Å². The van der Waals surface area contributed by atoms with E-state index >= 15 is 0 Å². The summed E-state index contributed by atoms with van der Waals surface area (Å²) < 4.78 is 1.11. The number of hydrogen-bond acceptors (Lipinski definition) is 4. The fourth-order valence-corrected chi connectivity index (χ4v) is 1.41. The Balaban J connectivity index is 2.14. The Labute approximate surface area is 104 Å². The van der Waals surface area contributed by atoms with E-state index in [4.69, 9.17) is 0 Å². The Morgan fingerprint density at radius 3 is 2.72 bits per heavy atom. The first kappa shape index (κ1) is 12.0. The minimum atomic E-state index is -0.395. The lowest BCUT2D eigenvalue weighted by Crippen LogP contribution is -2.15. The zero-order chi connectivity index (χ0) is 13.1. The van der Waals surface area contributed by atoms with Gasteiger partial charge >= 0.3 is 0 Å². The lowest BCUT2D eigenvalue weighted by Gasteiger charge is -2.02. The van der Waals surface area contributed by atoms with Crippen molar-refractivity contribution in [1.29, 1.82) is 0 Å². The van der Waals surface area contributed by atoms with Gasteiger partial charge in [0, 0.05) is 19.3 Å². The van der Waals surface area contributed by atoms with Crippen LogP contribution in [-0.2, 0) is 0 Å². The van der Waals surface area contributed by atoms with E-state index in [1.54, 1.807) is 12.3 Å². The maximum absolute atomic E-state index is 11.8. The van der Waals surface area contributed by atoms with Crippen LogP contribution in [0.5, 0.6) is 0 Å². The molecule has 6 nitrogen and oxygen atoms in total. The molecule has 0 aliphatic carbocycles. The smallest absolute Gasteiger partial charge is 0.277 e. The number of nitrogens with one attached hydrogen (secondary N) is 1. The molecule has 6 heteroatoms. The zero-order valence-electron chi connectivity index (χ0n) is 10.0. The van der Waals surface area contributed by atoms with Crippen molar-refractivity contribution in [2.45, 2.75) is 13.8 Å². The third kappa shape index (κ3) is 2.60. The van der Waals surface area contributed by atoms with Gasteiger partial charge in [0.25, 0.3) is 5.91 Å². The summed E-state index contributed by atoms with van der Waals surface area (Å²) in [6.07, 6.45) is 3.06. The molecule has 0 radical (unpaired) electrons. The first-order valence-corrected chi connectivity index (χ1v) is 5.37. The van der Waals surface area contributed by atoms with Gasteiger partial charge in [0.1, 0.15) is 5.82 Å². The third-order valence-corrected chi connectivity index (χ3v) is 2.30. The van der Waals surface area contributed by atoms with Crippen LogP contribution in [0.1, 0.15) is 27.8 Å². The Morgan fingerprint density at radius 2 is 2.11 bits per heavy atom. The normalized spacial score (nSPS) is 10.1. The number of pyridine rings is 1. The second kappa shape index (κ2) is 4.79. The number of aromatic nitrogens is 3. The molecule has 0 saturated carbocycles. The van der Waals surface area contributed by atoms with Crippen LogP contribution in [0.2, 0.25) is 0 Å². The molecule has 0 bridgehead atoms. The Hall–Kier alpha value is -2.50. The molecule has 0 aliphatic rings. The van der Waals surface area contributed by atoms with E-state index < -0.39 is 5.91 Å². The number of anilines is 1. The number of rotatable bonds is 2. The van der Waals surface area contributed by atoms with E-state index in [9.17, 15) is 9.59 Å². The fraction of sp³-hybridized carbons (Fsp3) is 0.167. The molecule has 0 aliphatic heterocycles. The summed E-state index contributed by atoms with van der Waals surface area (Å²) in [6.45, 7) is 3.28. The number of nitrogens with zero attached hydrogens (tertiary/aromatic N) is 3. The van der Waals surface area contributed by atoms with Crippen LogP contribution in [0.15, 0.2) is 30.6 Å². The van der Waals surface area contributed by atoms with Crippen LogP contribution < -0.4 is 5.32 Å². The number of aryl methyl sites for hydroxylation is 1. The lowest BCUT2D eigenvalue weighted by molar-refractivity contribution is 0.0920. The molecule has 0 spiro atoms. The van der Waals surface area contributed by atoms with E-state index in [-0.39, 0.29) is 11.6 Å². The highest BCUT2D eigenvalue weighted by molar-refractivity contribution is 6.02. The molecule has 92 valence electrons. The van der Waals surface area contributed by atoms with Gasteiger partial charge in [-0.25, -0.2) is 9.67 Å². The average molecular weight is 244 g/mol. The van der Waals surface area contributed by atoms with Crippen molar-refractivity contribution in [2.75, 3.05) is 5.32 Å². The zero-order valence-corrected chi connectivity index (χ0v) is 10.0. The number of carbonyl (C=O) groups is 2. The molecular weight excluding hydrogens is 232 g/mol. The molecule has 0 unspecified atom stereocenters. The first-order valence-electron chi connectivity index (χ1n) is 5.37. The summed E-state index contributed by atoms with van der Waals surface area (Å²) in [5.74, 6) is -0.187. The third-order valence-electron chi connectivity index (χ3n) is 2.30. The summed E-state index contributed by atoms with van der Waals surface area (Å²) in [7, 11) is 0. The quantitative estimate of drug-likeness (QED) is 0.868. The molecular formula is C12H12N4O2. The number of carbonyl (C=O) groups excluding carboxylic acids is 2. The molecule has 2 aromatic rings. The first-order chi connectivity index (χ1) is 8.56. The average Bonchev–Trinajstić information content (AvgIpc) is 2.78. The Bertz CT molecular complexity index is 604. The summed E-state index contributed by atoms with van der Waals surface area (Å²) in [5.41, 5.74) is 1.17. The number of amides is 1. The molecule has 2 rings (SSSR count). The predicted octanol–water partition coefficient (Wildman–Crippen LogP) is 1.50. The number of hydrogen-bond donors (Lipinski definition) is 1. The van der Waals surface area contributed by atoms with Crippen molar-refractivity contribution >= 4 is 17.6 Å². The largest absolute Gasteiger partial charge is 0.305 e. The topological polar surface area (TPSA) is 76.9 Å². The molecule has 0 fully saturated rings. The molecule has 1 N–H and O–H groups in total. The molecule has 0 atom stereocenters. The standard InChI is InChI=1S/C12H12N4O2/c1-8-3-5-13-11(7-8)14-12(18)10-4-6-16(15-10)9(2)17/h3-7H,1-2H3,(H,13,14,18). The van der Waals surface area contributed by atoms with Crippen molar-refractivity contribution in [1.82, 2.24) is 14.8 Å². The van der Waals surface area contributed by atoms with Gasteiger partial charge in [-0.15, -0.1) is 0 Å². The lowest BCUT2D eigenvalue weighted by atomic mass is 10.3. The van der Waals surface area contributed by atoms with Gasteiger partial charge in [0.05, 0.1) is 0 Å². The van der Waals surface area contributed by atoms with Gasteiger partial charge < -0.3 is 5.32 Å². The van der Waals surface area contributed by atoms with Crippen LogP contribution >= 0.6 is 0 Å². The Morgan fingerprint density at radius 1 is 1.33 bits per heavy atom. The van der Waals surface area contributed by atoms with Crippen molar-refractivity contribution in [3.8, 4) is 0 Å². The van der Waals surface area contributed by atoms with Crippen LogP contribution in [0.3, 0.4) is 0 Å². The highest BCUT2D eigenvalue weighted by atomic mass is 16.2.